The summed E-state index contributed by atoms with van der Waals surface area (Å²) in [5, 5.41) is 4.57. The molecule has 0 bridgehead atoms. The van der Waals surface area contributed by atoms with Crippen molar-refractivity contribution in [3.05, 3.63) is 35.8 Å². The molecule has 3 atom stereocenters. The van der Waals surface area contributed by atoms with Crippen LogP contribution in [0.3, 0.4) is 0 Å². The van der Waals surface area contributed by atoms with Crippen LogP contribution in [-0.4, -0.2) is 33.2 Å². The quantitative estimate of drug-likeness (QED) is 0.772. The molecule has 0 N–H and O–H groups in total. The summed E-state index contributed by atoms with van der Waals surface area (Å²) < 4.78 is 16.4. The summed E-state index contributed by atoms with van der Waals surface area (Å²) in [6, 6.07) is 4.61. The SMILES string of the molecule is CC(C)O[C@@H](C)C1=Cc2c(-c3ccnn3C3CCCCO3)ccn2C1C. The van der Waals surface area contributed by atoms with Gasteiger partial charge in [0.2, 0.25) is 0 Å². The number of fused-ring (bicyclic) bond motifs is 1. The lowest BCUT2D eigenvalue weighted by Crippen LogP contribution is -2.19. The fraction of sp³-hybridized carbons (Fsp3) is 0.571. The van der Waals surface area contributed by atoms with Gasteiger partial charge < -0.3 is 14.0 Å². The predicted molar refractivity (Wildman–Crippen MR) is 103 cm³/mol. The largest absolute Gasteiger partial charge is 0.371 e. The lowest BCUT2D eigenvalue weighted by atomic mass is 10.0. The highest BCUT2D eigenvalue weighted by Crippen LogP contribution is 2.39. The Kier molecular flexibility index (Phi) is 4.76. The zero-order valence-corrected chi connectivity index (χ0v) is 16.2. The van der Waals surface area contributed by atoms with E-state index >= 15 is 0 Å². The number of hydrogen-bond acceptors (Lipinski definition) is 3. The van der Waals surface area contributed by atoms with E-state index in [4.69, 9.17) is 9.47 Å². The number of ether oxygens (including phenoxy) is 2. The molecule has 2 aliphatic rings. The van der Waals surface area contributed by atoms with Crippen LogP contribution < -0.4 is 0 Å². The molecule has 5 heteroatoms. The van der Waals surface area contributed by atoms with Crippen molar-refractivity contribution in [1.82, 2.24) is 14.3 Å². The minimum Gasteiger partial charge on any atom is -0.371 e. The van der Waals surface area contributed by atoms with Gasteiger partial charge in [-0.3, -0.25) is 0 Å². The minimum atomic E-state index is 0.0507. The molecule has 2 aromatic rings. The lowest BCUT2D eigenvalue weighted by molar-refractivity contribution is -0.0383. The molecule has 0 radical (unpaired) electrons. The van der Waals surface area contributed by atoms with Gasteiger partial charge in [-0.05, 0) is 70.7 Å². The molecule has 26 heavy (non-hydrogen) atoms. The van der Waals surface area contributed by atoms with Gasteiger partial charge in [0.15, 0.2) is 6.23 Å². The highest BCUT2D eigenvalue weighted by Gasteiger charge is 2.29. The molecule has 1 saturated heterocycles. The fourth-order valence-corrected chi connectivity index (χ4v) is 4.22. The van der Waals surface area contributed by atoms with E-state index in [9.17, 15) is 0 Å². The second-order valence-corrected chi connectivity index (χ2v) is 7.65. The Morgan fingerprint density at radius 1 is 1.23 bits per heavy atom. The molecule has 4 rings (SSSR count). The summed E-state index contributed by atoms with van der Waals surface area (Å²) in [4.78, 5) is 0. The monoisotopic (exact) mass is 355 g/mol. The van der Waals surface area contributed by atoms with E-state index in [1.807, 2.05) is 6.20 Å². The summed E-state index contributed by atoms with van der Waals surface area (Å²) in [6.07, 6.45) is 10.1. The standard InChI is InChI=1S/C21H29N3O2/c1-14(2)26-16(4)18-13-20-17(9-11-23(20)15(18)3)19-8-10-22-24(19)21-7-5-6-12-25-21/h8-11,13-16,21H,5-7,12H2,1-4H3/t15?,16-,21?/m0/s1. The van der Waals surface area contributed by atoms with E-state index in [0.29, 0.717) is 6.04 Å². The molecule has 0 aliphatic carbocycles. The van der Waals surface area contributed by atoms with Crippen LogP contribution in [0.2, 0.25) is 0 Å². The number of aromatic nitrogens is 3. The van der Waals surface area contributed by atoms with Crippen LogP contribution in [0.5, 0.6) is 0 Å². The average molecular weight is 355 g/mol. The van der Waals surface area contributed by atoms with Crippen molar-refractivity contribution in [1.29, 1.82) is 0 Å². The maximum absolute atomic E-state index is 6.04. The van der Waals surface area contributed by atoms with Crippen LogP contribution >= 0.6 is 0 Å². The van der Waals surface area contributed by atoms with Crippen molar-refractivity contribution >= 4 is 6.08 Å². The summed E-state index contributed by atoms with van der Waals surface area (Å²) in [7, 11) is 0. The smallest absolute Gasteiger partial charge is 0.150 e. The van der Waals surface area contributed by atoms with E-state index in [0.717, 1.165) is 25.1 Å². The van der Waals surface area contributed by atoms with Crippen LogP contribution in [-0.2, 0) is 9.47 Å². The molecule has 5 nitrogen and oxygen atoms in total. The van der Waals surface area contributed by atoms with Crippen LogP contribution in [0.15, 0.2) is 30.1 Å². The summed E-state index contributed by atoms with van der Waals surface area (Å²) in [5.41, 5.74) is 4.92. The van der Waals surface area contributed by atoms with Crippen molar-refractivity contribution < 1.29 is 9.47 Å². The first-order valence-electron chi connectivity index (χ1n) is 9.79. The molecule has 140 valence electrons. The summed E-state index contributed by atoms with van der Waals surface area (Å²) in [5.74, 6) is 0. The Labute approximate surface area is 155 Å². The number of nitrogens with zero attached hydrogens (tertiary/aromatic N) is 3. The molecule has 2 aromatic heterocycles. The van der Waals surface area contributed by atoms with Gasteiger partial charge >= 0.3 is 0 Å². The Bertz CT molecular complexity index is 796. The molecule has 2 aliphatic heterocycles. The van der Waals surface area contributed by atoms with Crippen molar-refractivity contribution in [2.75, 3.05) is 6.61 Å². The van der Waals surface area contributed by atoms with Crippen LogP contribution in [0.1, 0.15) is 64.9 Å². The van der Waals surface area contributed by atoms with Gasteiger partial charge in [0, 0.05) is 24.6 Å². The van der Waals surface area contributed by atoms with E-state index < -0.39 is 0 Å². The second-order valence-electron chi connectivity index (χ2n) is 7.65. The zero-order valence-electron chi connectivity index (χ0n) is 16.2. The highest BCUT2D eigenvalue weighted by atomic mass is 16.5. The predicted octanol–water partition coefficient (Wildman–Crippen LogP) is 4.82. The highest BCUT2D eigenvalue weighted by molar-refractivity contribution is 5.75. The first-order chi connectivity index (χ1) is 12.6. The minimum absolute atomic E-state index is 0.0507. The van der Waals surface area contributed by atoms with E-state index in [1.54, 1.807) is 0 Å². The fourth-order valence-electron chi connectivity index (χ4n) is 4.22. The first kappa shape index (κ1) is 17.6. The Morgan fingerprint density at radius 3 is 2.81 bits per heavy atom. The van der Waals surface area contributed by atoms with Gasteiger partial charge in [-0.15, -0.1) is 0 Å². The van der Waals surface area contributed by atoms with Crippen molar-refractivity contribution in [2.45, 2.75) is 71.4 Å². The van der Waals surface area contributed by atoms with Gasteiger partial charge in [0.1, 0.15) is 0 Å². The Morgan fingerprint density at radius 2 is 2.08 bits per heavy atom. The van der Waals surface area contributed by atoms with Crippen molar-refractivity contribution in [3.63, 3.8) is 0 Å². The normalized spacial score (nSPS) is 24.0. The molecule has 0 saturated carbocycles. The third-order valence-corrected chi connectivity index (χ3v) is 5.48. The van der Waals surface area contributed by atoms with Gasteiger partial charge in [0.05, 0.1) is 29.6 Å². The molecule has 0 spiro atoms. The Balaban J connectivity index is 1.67. The Hall–Kier alpha value is -1.85. The van der Waals surface area contributed by atoms with E-state index in [2.05, 4.69) is 66.4 Å². The lowest BCUT2D eigenvalue weighted by Gasteiger charge is -2.24. The van der Waals surface area contributed by atoms with Crippen LogP contribution in [0, 0.1) is 0 Å². The molecular formula is C21H29N3O2. The van der Waals surface area contributed by atoms with Gasteiger partial charge in [-0.25, -0.2) is 4.68 Å². The number of rotatable bonds is 5. The van der Waals surface area contributed by atoms with Crippen LogP contribution in [0.25, 0.3) is 17.3 Å². The van der Waals surface area contributed by atoms with E-state index in [1.165, 1.54) is 23.3 Å². The second kappa shape index (κ2) is 7.05. The third-order valence-electron chi connectivity index (χ3n) is 5.48. The number of hydrogen-bond donors (Lipinski definition) is 0. The van der Waals surface area contributed by atoms with Crippen molar-refractivity contribution in [2.24, 2.45) is 0 Å². The maximum atomic E-state index is 6.04. The maximum Gasteiger partial charge on any atom is 0.150 e. The van der Waals surface area contributed by atoms with Crippen molar-refractivity contribution in [3.8, 4) is 11.3 Å². The zero-order chi connectivity index (χ0) is 18.3. The average Bonchev–Trinajstić information content (AvgIpc) is 3.31. The summed E-state index contributed by atoms with van der Waals surface area (Å²) >= 11 is 0. The molecule has 0 amide bonds. The first-order valence-corrected chi connectivity index (χ1v) is 9.79. The molecule has 2 unspecified atom stereocenters. The third kappa shape index (κ3) is 3.03. The molecule has 1 fully saturated rings. The van der Waals surface area contributed by atoms with Gasteiger partial charge in [-0.1, -0.05) is 0 Å². The van der Waals surface area contributed by atoms with Crippen LogP contribution in [0.4, 0.5) is 0 Å². The van der Waals surface area contributed by atoms with Gasteiger partial charge in [-0.2, -0.15) is 5.10 Å². The molecule has 0 aromatic carbocycles. The topological polar surface area (TPSA) is 41.2 Å². The summed E-state index contributed by atoms with van der Waals surface area (Å²) in [6.45, 7) is 9.39. The molecular weight excluding hydrogens is 326 g/mol. The molecule has 4 heterocycles. The van der Waals surface area contributed by atoms with Gasteiger partial charge in [0.25, 0.3) is 0 Å². The van der Waals surface area contributed by atoms with E-state index in [-0.39, 0.29) is 18.4 Å².